The normalized spacial score (nSPS) is 15.0. The number of allylic oxidation sites excluding steroid dienone is 1. The number of methoxy groups -OCH3 is 1. The highest BCUT2D eigenvalue weighted by Gasteiger charge is 2.33. The fraction of sp³-hybridized carbons (Fsp3) is 0.179. The maximum atomic E-state index is 13.4. The Morgan fingerprint density at radius 1 is 0.971 bits per heavy atom. The number of carbonyl (C=O) groups is 2. The molecule has 2 N–H and O–H groups in total. The first kappa shape index (κ1) is 23.6. The predicted molar refractivity (Wildman–Crippen MR) is 130 cm³/mol. The van der Waals surface area contributed by atoms with Crippen LogP contribution in [0.15, 0.2) is 90.1 Å². The molecule has 1 aliphatic heterocycles. The van der Waals surface area contributed by atoms with Gasteiger partial charge in [-0.15, -0.1) is 0 Å². The lowest BCUT2D eigenvalue weighted by Crippen LogP contribution is -2.46. The van der Waals surface area contributed by atoms with Gasteiger partial charge in [-0.3, -0.25) is 0 Å². The summed E-state index contributed by atoms with van der Waals surface area (Å²) in [5.74, 6) is 0.232. The van der Waals surface area contributed by atoms with Crippen LogP contribution < -0.4 is 15.4 Å². The van der Waals surface area contributed by atoms with Gasteiger partial charge in [0, 0.05) is 5.70 Å². The molecule has 0 spiro atoms. The molecule has 4 rings (SSSR count). The minimum absolute atomic E-state index is 0.0130. The van der Waals surface area contributed by atoms with Crippen LogP contribution in [-0.2, 0) is 22.6 Å². The Morgan fingerprint density at radius 3 is 2.46 bits per heavy atom. The summed E-state index contributed by atoms with van der Waals surface area (Å²) in [4.78, 5) is 25.9. The summed E-state index contributed by atoms with van der Waals surface area (Å²) >= 11 is 0. The van der Waals surface area contributed by atoms with Crippen molar-refractivity contribution in [3.63, 3.8) is 0 Å². The van der Waals surface area contributed by atoms with E-state index in [0.717, 1.165) is 16.9 Å². The third-order valence-electron chi connectivity index (χ3n) is 5.76. The van der Waals surface area contributed by atoms with Crippen LogP contribution in [-0.4, -0.2) is 19.1 Å². The van der Waals surface area contributed by atoms with Gasteiger partial charge in [-0.25, -0.2) is 9.59 Å². The lowest BCUT2D eigenvalue weighted by Gasteiger charge is -2.29. The molecule has 7 heteroatoms. The summed E-state index contributed by atoms with van der Waals surface area (Å²) in [6.45, 7) is 0.0130. The minimum Gasteiger partial charge on any atom is -0.497 e. The predicted octanol–water partition coefficient (Wildman–Crippen LogP) is 4.55. The number of rotatable bonds is 8. The molecule has 0 saturated carbocycles. The maximum Gasteiger partial charge on any atom is 0.338 e. The van der Waals surface area contributed by atoms with Crippen molar-refractivity contribution in [2.45, 2.75) is 25.5 Å². The molecule has 0 bridgehead atoms. The molecular weight excluding hydrogens is 442 g/mol. The Labute approximate surface area is 204 Å². The van der Waals surface area contributed by atoms with Crippen LogP contribution in [0.2, 0.25) is 0 Å². The van der Waals surface area contributed by atoms with Crippen molar-refractivity contribution in [2.75, 3.05) is 7.11 Å². The second kappa shape index (κ2) is 11.0. The topological polar surface area (TPSA) is 100 Å². The number of nitrogens with zero attached hydrogens (tertiary/aromatic N) is 1. The zero-order chi connectivity index (χ0) is 24.6. The number of benzene rings is 3. The second-order valence-electron chi connectivity index (χ2n) is 8.07. The Kier molecular flexibility index (Phi) is 7.44. The van der Waals surface area contributed by atoms with Gasteiger partial charge in [-0.1, -0.05) is 54.6 Å². The van der Waals surface area contributed by atoms with E-state index >= 15 is 0 Å². The molecule has 1 atom stereocenters. The van der Waals surface area contributed by atoms with Crippen molar-refractivity contribution in [1.29, 1.82) is 5.26 Å². The number of amides is 2. The van der Waals surface area contributed by atoms with Crippen LogP contribution in [0.1, 0.15) is 34.7 Å². The van der Waals surface area contributed by atoms with E-state index in [2.05, 4.69) is 16.7 Å². The van der Waals surface area contributed by atoms with Crippen molar-refractivity contribution in [3.8, 4) is 11.8 Å². The highest BCUT2D eigenvalue weighted by molar-refractivity contribution is 5.95. The number of carbonyl (C=O) groups excluding carboxylic acids is 2. The van der Waals surface area contributed by atoms with E-state index < -0.39 is 12.0 Å². The third kappa shape index (κ3) is 5.87. The monoisotopic (exact) mass is 467 g/mol. The van der Waals surface area contributed by atoms with E-state index in [0.29, 0.717) is 35.2 Å². The number of urea groups is 1. The van der Waals surface area contributed by atoms with Crippen molar-refractivity contribution >= 4 is 12.0 Å². The number of ether oxygens (including phenoxy) is 2. The molecule has 3 aromatic carbocycles. The van der Waals surface area contributed by atoms with Gasteiger partial charge in [0.2, 0.25) is 0 Å². The van der Waals surface area contributed by atoms with Gasteiger partial charge < -0.3 is 20.1 Å². The molecular formula is C28H25N3O4. The molecule has 0 saturated heterocycles. The standard InChI is InChI=1S/C28H25N3O4/c1-34-23-13-10-19(11-14-23)12-15-24-25(26(31-28(33)30-24)22-8-3-2-4-9-22)27(32)35-18-21-7-5-6-20(16-21)17-29/h2-11,13-14,16,26H,12,15,18H2,1H3,(H2,30,31,33). The highest BCUT2D eigenvalue weighted by Crippen LogP contribution is 2.30. The van der Waals surface area contributed by atoms with Crippen molar-refractivity contribution in [3.05, 3.63) is 112 Å². The molecule has 1 aliphatic rings. The molecule has 35 heavy (non-hydrogen) atoms. The lowest BCUT2D eigenvalue weighted by molar-refractivity contribution is -0.140. The van der Waals surface area contributed by atoms with E-state index in [1.165, 1.54) is 0 Å². The SMILES string of the molecule is COc1ccc(CCC2=C(C(=O)OCc3cccc(C#N)c3)C(c3ccccc3)NC(=O)N2)cc1. The Balaban J connectivity index is 1.61. The van der Waals surface area contributed by atoms with Crippen LogP contribution in [0.25, 0.3) is 0 Å². The van der Waals surface area contributed by atoms with E-state index in [4.69, 9.17) is 14.7 Å². The molecule has 3 aromatic rings. The Hall–Kier alpha value is -4.57. The van der Waals surface area contributed by atoms with Gasteiger partial charge in [0.1, 0.15) is 12.4 Å². The molecule has 176 valence electrons. The van der Waals surface area contributed by atoms with E-state index in [-0.39, 0.29) is 12.6 Å². The van der Waals surface area contributed by atoms with Crippen LogP contribution in [0.5, 0.6) is 5.75 Å². The number of aryl methyl sites for hydroxylation is 1. The number of nitrogens with one attached hydrogen (secondary N) is 2. The van der Waals surface area contributed by atoms with E-state index in [9.17, 15) is 9.59 Å². The van der Waals surface area contributed by atoms with Crippen LogP contribution in [0, 0.1) is 11.3 Å². The van der Waals surface area contributed by atoms with Crippen LogP contribution >= 0.6 is 0 Å². The molecule has 1 heterocycles. The highest BCUT2D eigenvalue weighted by atomic mass is 16.5. The summed E-state index contributed by atoms with van der Waals surface area (Å²) in [6, 6.07) is 25.0. The Bertz CT molecular complexity index is 1280. The third-order valence-corrected chi connectivity index (χ3v) is 5.76. The van der Waals surface area contributed by atoms with Crippen LogP contribution in [0.3, 0.4) is 0 Å². The van der Waals surface area contributed by atoms with E-state index in [1.807, 2.05) is 54.6 Å². The molecule has 0 aromatic heterocycles. The second-order valence-corrected chi connectivity index (χ2v) is 8.07. The molecule has 0 fully saturated rings. The summed E-state index contributed by atoms with van der Waals surface area (Å²) in [7, 11) is 1.61. The molecule has 7 nitrogen and oxygen atoms in total. The van der Waals surface area contributed by atoms with Gasteiger partial charge in [-0.2, -0.15) is 5.26 Å². The fourth-order valence-corrected chi connectivity index (χ4v) is 3.97. The summed E-state index contributed by atoms with van der Waals surface area (Å²) < 4.78 is 10.9. The first-order valence-electron chi connectivity index (χ1n) is 11.2. The number of hydrogen-bond donors (Lipinski definition) is 2. The molecule has 1 unspecified atom stereocenters. The van der Waals surface area contributed by atoms with Crippen LogP contribution in [0.4, 0.5) is 4.79 Å². The first-order valence-corrected chi connectivity index (χ1v) is 11.2. The first-order chi connectivity index (χ1) is 17.1. The average molecular weight is 468 g/mol. The number of esters is 1. The van der Waals surface area contributed by atoms with Crippen molar-refractivity contribution in [2.24, 2.45) is 0 Å². The average Bonchev–Trinajstić information content (AvgIpc) is 2.91. The molecule has 0 radical (unpaired) electrons. The van der Waals surface area contributed by atoms with Gasteiger partial charge in [0.05, 0.1) is 30.4 Å². The van der Waals surface area contributed by atoms with Gasteiger partial charge >= 0.3 is 12.0 Å². The summed E-state index contributed by atoms with van der Waals surface area (Å²) in [6.07, 6.45) is 1.06. The zero-order valence-electron chi connectivity index (χ0n) is 19.3. The van der Waals surface area contributed by atoms with Gasteiger partial charge in [0.25, 0.3) is 0 Å². The van der Waals surface area contributed by atoms with Gasteiger partial charge in [-0.05, 0) is 53.8 Å². The number of hydrogen-bond acceptors (Lipinski definition) is 5. The zero-order valence-corrected chi connectivity index (χ0v) is 19.3. The lowest BCUT2D eigenvalue weighted by atomic mass is 9.93. The van der Waals surface area contributed by atoms with Crippen molar-refractivity contribution in [1.82, 2.24) is 10.6 Å². The molecule has 2 amide bonds. The fourth-order valence-electron chi connectivity index (χ4n) is 3.97. The van der Waals surface area contributed by atoms with E-state index in [1.54, 1.807) is 31.4 Å². The summed E-state index contributed by atoms with van der Waals surface area (Å²) in [5, 5.41) is 14.8. The largest absolute Gasteiger partial charge is 0.497 e. The molecule has 0 aliphatic carbocycles. The Morgan fingerprint density at radius 2 is 1.74 bits per heavy atom. The smallest absolute Gasteiger partial charge is 0.338 e. The van der Waals surface area contributed by atoms with Gasteiger partial charge in [0.15, 0.2) is 0 Å². The summed E-state index contributed by atoms with van der Waals surface area (Å²) in [5.41, 5.74) is 3.91. The number of nitriles is 1. The quantitative estimate of drug-likeness (QED) is 0.474. The minimum atomic E-state index is -0.645. The maximum absolute atomic E-state index is 13.4. The van der Waals surface area contributed by atoms with Crippen molar-refractivity contribution < 1.29 is 19.1 Å².